The lowest BCUT2D eigenvalue weighted by atomic mass is 10.1. The summed E-state index contributed by atoms with van der Waals surface area (Å²) < 4.78 is 12.3. The van der Waals surface area contributed by atoms with Crippen LogP contribution in [0.1, 0.15) is 6.42 Å². The van der Waals surface area contributed by atoms with Crippen molar-refractivity contribution >= 4 is 0 Å². The fourth-order valence-electron chi connectivity index (χ4n) is 0.921. The Hall–Kier alpha value is -0.150. The predicted molar refractivity (Wildman–Crippen MR) is 30.4 cm³/mol. The third kappa shape index (κ3) is 1.42. The van der Waals surface area contributed by atoms with Crippen LogP contribution in [-0.4, -0.2) is 25.3 Å². The van der Waals surface area contributed by atoms with Crippen molar-refractivity contribution in [3.05, 3.63) is 0 Å². The lowest BCUT2D eigenvalue weighted by Gasteiger charge is -2.21. The van der Waals surface area contributed by atoms with Gasteiger partial charge in [-0.05, 0) is 6.42 Å². The van der Waals surface area contributed by atoms with Crippen LogP contribution in [0.25, 0.3) is 0 Å². The van der Waals surface area contributed by atoms with E-state index in [1.807, 2.05) is 0 Å². The number of hydrogen-bond donors (Lipinski definition) is 2. The highest BCUT2D eigenvalue weighted by molar-refractivity contribution is 4.77. The van der Waals surface area contributed by atoms with Crippen LogP contribution in [0.2, 0.25) is 0 Å². The van der Waals surface area contributed by atoms with Gasteiger partial charge in [-0.15, -0.1) is 0 Å². The molecule has 1 rings (SSSR count). The van der Waals surface area contributed by atoms with E-state index in [1.165, 1.54) is 0 Å². The fourth-order valence-corrected chi connectivity index (χ4v) is 0.921. The Morgan fingerprint density at radius 2 is 2.25 bits per heavy atom. The van der Waals surface area contributed by atoms with E-state index in [9.17, 15) is 4.39 Å². The van der Waals surface area contributed by atoms with Gasteiger partial charge >= 0.3 is 0 Å². The summed E-state index contributed by atoms with van der Waals surface area (Å²) in [5.41, 5.74) is 5.42. The molecule has 0 amide bonds. The number of nitrogens with one attached hydrogen (secondary N) is 1. The molecule has 0 bridgehead atoms. The maximum Gasteiger partial charge on any atom is 0.114 e. The summed E-state index contributed by atoms with van der Waals surface area (Å²) >= 11 is 0. The molecule has 1 fully saturated rings. The van der Waals surface area contributed by atoms with Crippen molar-refractivity contribution in [1.29, 1.82) is 0 Å². The molecule has 0 radical (unpaired) electrons. The zero-order chi connectivity index (χ0) is 5.98. The van der Waals surface area contributed by atoms with Gasteiger partial charge in [0.1, 0.15) is 6.17 Å². The zero-order valence-corrected chi connectivity index (χ0v) is 4.73. The standard InChI is InChI=1S/C5H11FN2/c6-4-1-5(7)3-8-2-4/h4-5,8H,1-3,7H2/t4-,5+/m1/s1. The quantitative estimate of drug-likeness (QED) is 0.456. The van der Waals surface area contributed by atoms with Gasteiger partial charge in [-0.2, -0.15) is 0 Å². The molecule has 48 valence electrons. The molecule has 0 unspecified atom stereocenters. The average Bonchev–Trinajstić information content (AvgIpc) is 1.64. The van der Waals surface area contributed by atoms with Gasteiger partial charge in [0.15, 0.2) is 0 Å². The minimum Gasteiger partial charge on any atom is -0.326 e. The molecular weight excluding hydrogens is 107 g/mol. The fraction of sp³-hybridized carbons (Fsp3) is 1.00. The van der Waals surface area contributed by atoms with E-state index < -0.39 is 6.17 Å². The topological polar surface area (TPSA) is 38.0 Å². The van der Waals surface area contributed by atoms with E-state index in [-0.39, 0.29) is 6.04 Å². The summed E-state index contributed by atoms with van der Waals surface area (Å²) in [6.45, 7) is 1.24. The maximum atomic E-state index is 12.3. The number of rotatable bonds is 0. The van der Waals surface area contributed by atoms with Gasteiger partial charge in [0, 0.05) is 19.1 Å². The SMILES string of the molecule is N[C@@H]1CNC[C@H](F)C1. The summed E-state index contributed by atoms with van der Waals surface area (Å²) in [4.78, 5) is 0. The molecule has 0 aromatic carbocycles. The Morgan fingerprint density at radius 1 is 1.50 bits per heavy atom. The molecule has 1 saturated heterocycles. The number of piperidine rings is 1. The van der Waals surface area contributed by atoms with Crippen LogP contribution in [-0.2, 0) is 0 Å². The van der Waals surface area contributed by atoms with E-state index >= 15 is 0 Å². The first-order valence-corrected chi connectivity index (χ1v) is 2.89. The van der Waals surface area contributed by atoms with E-state index in [0.717, 1.165) is 6.54 Å². The van der Waals surface area contributed by atoms with Gasteiger partial charge in [-0.25, -0.2) is 4.39 Å². The van der Waals surface area contributed by atoms with Crippen LogP contribution in [0.5, 0.6) is 0 Å². The van der Waals surface area contributed by atoms with Crippen LogP contribution < -0.4 is 11.1 Å². The zero-order valence-electron chi connectivity index (χ0n) is 4.73. The number of nitrogens with two attached hydrogens (primary N) is 1. The predicted octanol–water partition coefficient (Wildman–Crippen LogP) is -0.355. The Kier molecular flexibility index (Phi) is 1.81. The summed E-state index contributed by atoms with van der Waals surface area (Å²) in [6, 6.07) is 0.0266. The minimum absolute atomic E-state index is 0.0266. The molecule has 8 heavy (non-hydrogen) atoms. The summed E-state index contributed by atoms with van der Waals surface area (Å²) in [6.07, 6.45) is -0.203. The van der Waals surface area contributed by atoms with Gasteiger partial charge < -0.3 is 11.1 Å². The largest absolute Gasteiger partial charge is 0.326 e. The van der Waals surface area contributed by atoms with Crippen molar-refractivity contribution in [2.45, 2.75) is 18.6 Å². The van der Waals surface area contributed by atoms with E-state index in [2.05, 4.69) is 5.32 Å². The summed E-state index contributed by atoms with van der Waals surface area (Å²) in [7, 11) is 0. The van der Waals surface area contributed by atoms with Gasteiger partial charge in [0.2, 0.25) is 0 Å². The molecule has 0 aliphatic carbocycles. The third-order valence-electron chi connectivity index (χ3n) is 1.33. The molecule has 1 aliphatic rings. The minimum atomic E-state index is -0.723. The highest BCUT2D eigenvalue weighted by Crippen LogP contribution is 2.03. The lowest BCUT2D eigenvalue weighted by molar-refractivity contribution is 0.248. The van der Waals surface area contributed by atoms with E-state index in [0.29, 0.717) is 13.0 Å². The molecule has 0 aromatic heterocycles. The molecular formula is C5H11FN2. The Morgan fingerprint density at radius 3 is 2.62 bits per heavy atom. The van der Waals surface area contributed by atoms with Crippen molar-refractivity contribution < 1.29 is 4.39 Å². The van der Waals surface area contributed by atoms with E-state index in [4.69, 9.17) is 5.73 Å². The second-order valence-electron chi connectivity index (χ2n) is 2.25. The number of alkyl halides is 1. The molecule has 1 aliphatic heterocycles. The molecule has 2 atom stereocenters. The number of halogens is 1. The van der Waals surface area contributed by atoms with Crippen molar-refractivity contribution in [1.82, 2.24) is 5.32 Å². The van der Waals surface area contributed by atoms with Gasteiger partial charge in [0.05, 0.1) is 0 Å². The van der Waals surface area contributed by atoms with Crippen LogP contribution in [0.3, 0.4) is 0 Å². The first kappa shape index (κ1) is 5.98. The van der Waals surface area contributed by atoms with Gasteiger partial charge in [-0.1, -0.05) is 0 Å². The molecule has 0 aromatic rings. The first-order valence-electron chi connectivity index (χ1n) is 2.89. The van der Waals surface area contributed by atoms with Crippen LogP contribution in [0, 0.1) is 0 Å². The number of hydrogen-bond acceptors (Lipinski definition) is 2. The summed E-state index contributed by atoms with van der Waals surface area (Å²) in [5.74, 6) is 0. The normalized spacial score (nSPS) is 39.8. The Bertz CT molecular complexity index is 68.8. The third-order valence-corrected chi connectivity index (χ3v) is 1.33. The smallest absolute Gasteiger partial charge is 0.114 e. The molecule has 3 N–H and O–H groups in total. The van der Waals surface area contributed by atoms with Gasteiger partial charge in [-0.3, -0.25) is 0 Å². The average molecular weight is 118 g/mol. The molecule has 0 spiro atoms. The molecule has 0 saturated carbocycles. The van der Waals surface area contributed by atoms with Gasteiger partial charge in [0.25, 0.3) is 0 Å². The molecule has 1 heterocycles. The Balaban J connectivity index is 2.23. The molecule has 3 heteroatoms. The van der Waals surface area contributed by atoms with Crippen molar-refractivity contribution in [3.8, 4) is 0 Å². The van der Waals surface area contributed by atoms with Crippen molar-refractivity contribution in [2.75, 3.05) is 13.1 Å². The second-order valence-corrected chi connectivity index (χ2v) is 2.25. The van der Waals surface area contributed by atoms with E-state index in [1.54, 1.807) is 0 Å². The Labute approximate surface area is 48.2 Å². The van der Waals surface area contributed by atoms with Crippen LogP contribution in [0.15, 0.2) is 0 Å². The van der Waals surface area contributed by atoms with Crippen LogP contribution >= 0.6 is 0 Å². The van der Waals surface area contributed by atoms with Crippen molar-refractivity contribution in [2.24, 2.45) is 5.73 Å². The molecule has 2 nitrogen and oxygen atoms in total. The van der Waals surface area contributed by atoms with Crippen LogP contribution in [0.4, 0.5) is 4.39 Å². The highest BCUT2D eigenvalue weighted by atomic mass is 19.1. The first-order chi connectivity index (χ1) is 3.79. The monoisotopic (exact) mass is 118 g/mol. The lowest BCUT2D eigenvalue weighted by Crippen LogP contribution is -2.44. The summed E-state index contributed by atoms with van der Waals surface area (Å²) in [5, 5.41) is 2.88. The second kappa shape index (κ2) is 2.42. The van der Waals surface area contributed by atoms with Crippen molar-refractivity contribution in [3.63, 3.8) is 0 Å². The highest BCUT2D eigenvalue weighted by Gasteiger charge is 2.16. The maximum absolute atomic E-state index is 12.3.